The van der Waals surface area contributed by atoms with E-state index in [-0.39, 0.29) is 11.3 Å². The fourth-order valence-electron chi connectivity index (χ4n) is 2.90. The zero-order valence-electron chi connectivity index (χ0n) is 11.3. The largest absolute Gasteiger partial charge is 0.352 e. The lowest BCUT2D eigenvalue weighted by molar-refractivity contribution is 0.0946. The van der Waals surface area contributed by atoms with Crippen LogP contribution in [0.5, 0.6) is 0 Å². The summed E-state index contributed by atoms with van der Waals surface area (Å²) in [6, 6.07) is 8.04. The molecule has 1 heterocycles. The van der Waals surface area contributed by atoms with E-state index in [9.17, 15) is 4.79 Å². The highest BCUT2D eigenvalue weighted by atomic mass is 35.5. The van der Waals surface area contributed by atoms with Crippen LogP contribution in [-0.4, -0.2) is 17.8 Å². The predicted octanol–water partition coefficient (Wildman–Crippen LogP) is 4.43. The van der Waals surface area contributed by atoms with Crippen LogP contribution in [-0.2, 0) is 0 Å². The molecule has 1 aromatic heterocycles. The zero-order valence-corrected chi connectivity index (χ0v) is 12.8. The summed E-state index contributed by atoms with van der Waals surface area (Å²) < 4.78 is 1.16. The van der Waals surface area contributed by atoms with Crippen LogP contribution in [0.25, 0.3) is 10.1 Å². The third kappa shape index (κ3) is 2.99. The molecule has 0 spiro atoms. The van der Waals surface area contributed by atoms with Crippen molar-refractivity contribution in [2.75, 3.05) is 6.54 Å². The van der Waals surface area contributed by atoms with Gasteiger partial charge in [-0.3, -0.25) is 4.79 Å². The first-order chi connectivity index (χ1) is 9.74. The lowest BCUT2D eigenvalue weighted by Crippen LogP contribution is -2.31. The van der Waals surface area contributed by atoms with Crippen LogP contribution in [0.2, 0.25) is 0 Å². The number of hydrogen-bond donors (Lipinski definition) is 1. The van der Waals surface area contributed by atoms with Gasteiger partial charge in [-0.25, -0.2) is 0 Å². The van der Waals surface area contributed by atoms with Crippen LogP contribution >= 0.6 is 22.9 Å². The molecule has 2 unspecified atom stereocenters. The molecule has 106 valence electrons. The van der Waals surface area contributed by atoms with Gasteiger partial charge in [-0.2, -0.15) is 0 Å². The van der Waals surface area contributed by atoms with Crippen LogP contribution in [0.3, 0.4) is 0 Å². The molecule has 20 heavy (non-hydrogen) atoms. The van der Waals surface area contributed by atoms with Crippen molar-refractivity contribution < 1.29 is 4.79 Å². The summed E-state index contributed by atoms with van der Waals surface area (Å²) in [6.07, 6.45) is 4.48. The smallest absolute Gasteiger partial charge is 0.252 e. The van der Waals surface area contributed by atoms with E-state index < -0.39 is 0 Å². The van der Waals surface area contributed by atoms with Crippen molar-refractivity contribution in [3.63, 3.8) is 0 Å². The Bertz CT molecular complexity index is 609. The van der Waals surface area contributed by atoms with Gasteiger partial charge in [0.2, 0.25) is 0 Å². The Morgan fingerprint density at radius 2 is 2.20 bits per heavy atom. The number of amides is 1. The molecule has 1 aliphatic carbocycles. The van der Waals surface area contributed by atoms with Crippen molar-refractivity contribution in [1.29, 1.82) is 0 Å². The van der Waals surface area contributed by atoms with Gasteiger partial charge in [-0.15, -0.1) is 22.9 Å². The van der Waals surface area contributed by atoms with Crippen LogP contribution in [0.1, 0.15) is 36.0 Å². The van der Waals surface area contributed by atoms with Gasteiger partial charge < -0.3 is 5.32 Å². The van der Waals surface area contributed by atoms with Crippen LogP contribution in [0.4, 0.5) is 0 Å². The molecule has 0 aliphatic heterocycles. The van der Waals surface area contributed by atoms with Crippen molar-refractivity contribution >= 4 is 38.9 Å². The lowest BCUT2D eigenvalue weighted by Gasteiger charge is -2.25. The first-order valence-electron chi connectivity index (χ1n) is 7.12. The average molecular weight is 308 g/mol. The second-order valence-electron chi connectivity index (χ2n) is 5.49. The minimum Gasteiger partial charge on any atom is -0.352 e. The number of nitrogens with one attached hydrogen (secondary N) is 1. The molecule has 0 bridgehead atoms. The molecule has 0 saturated heterocycles. The normalized spacial score (nSPS) is 22.9. The summed E-state index contributed by atoms with van der Waals surface area (Å²) in [5, 5.41) is 6.36. The summed E-state index contributed by atoms with van der Waals surface area (Å²) in [5.74, 6) is 0.569. The Hall–Kier alpha value is -1.06. The molecule has 2 nitrogen and oxygen atoms in total. The molecule has 4 heteroatoms. The minimum absolute atomic E-state index is 0.0409. The van der Waals surface area contributed by atoms with Crippen molar-refractivity contribution in [1.82, 2.24) is 5.32 Å². The van der Waals surface area contributed by atoms with Crippen molar-refractivity contribution in [3.8, 4) is 0 Å². The minimum atomic E-state index is 0.0409. The van der Waals surface area contributed by atoms with Gasteiger partial charge in [0.25, 0.3) is 5.91 Å². The molecular weight excluding hydrogens is 290 g/mol. The summed E-state index contributed by atoms with van der Waals surface area (Å²) >= 11 is 7.82. The van der Waals surface area contributed by atoms with Gasteiger partial charge in [0.15, 0.2) is 0 Å². The summed E-state index contributed by atoms with van der Waals surface area (Å²) in [6.45, 7) is 0.742. The summed E-state index contributed by atoms with van der Waals surface area (Å²) in [5.41, 5.74) is 0.795. The molecule has 0 radical (unpaired) electrons. The molecular formula is C16H18ClNOS. The highest BCUT2D eigenvalue weighted by Crippen LogP contribution is 2.28. The van der Waals surface area contributed by atoms with E-state index in [4.69, 9.17) is 11.6 Å². The average Bonchev–Trinajstić information content (AvgIpc) is 2.89. The summed E-state index contributed by atoms with van der Waals surface area (Å²) in [4.78, 5) is 12.3. The van der Waals surface area contributed by atoms with Crippen LogP contribution in [0.15, 0.2) is 29.6 Å². The lowest BCUT2D eigenvalue weighted by atomic mass is 9.89. The second-order valence-corrected chi connectivity index (χ2v) is 7.01. The van der Waals surface area contributed by atoms with Gasteiger partial charge >= 0.3 is 0 Å². The highest BCUT2D eigenvalue weighted by molar-refractivity contribution is 7.17. The third-order valence-electron chi connectivity index (χ3n) is 4.00. The number of alkyl halides is 1. The molecule has 1 aromatic carbocycles. The van der Waals surface area contributed by atoms with Gasteiger partial charge in [0, 0.05) is 27.4 Å². The number of carbonyl (C=O) groups is 1. The zero-order chi connectivity index (χ0) is 13.9. The van der Waals surface area contributed by atoms with Gasteiger partial charge in [-0.05, 0) is 31.2 Å². The maximum Gasteiger partial charge on any atom is 0.252 e. The molecule has 1 saturated carbocycles. The Kier molecular flexibility index (Phi) is 4.27. The number of thiophene rings is 1. The quantitative estimate of drug-likeness (QED) is 0.835. The topological polar surface area (TPSA) is 29.1 Å². The van der Waals surface area contributed by atoms with Crippen LogP contribution < -0.4 is 5.32 Å². The standard InChI is InChI=1S/C16H18ClNOS/c17-12-5-3-4-11(8-12)9-18-16(19)14-10-20-15-7-2-1-6-13(14)15/h1-2,6-7,10-12H,3-5,8-9H2,(H,18,19). The van der Waals surface area contributed by atoms with Gasteiger partial charge in [0.1, 0.15) is 0 Å². The van der Waals surface area contributed by atoms with E-state index in [1.165, 1.54) is 12.8 Å². The molecule has 1 fully saturated rings. The van der Waals surface area contributed by atoms with E-state index in [0.717, 1.165) is 35.0 Å². The maximum absolute atomic E-state index is 12.3. The molecule has 1 N–H and O–H groups in total. The Labute approximate surface area is 128 Å². The fraction of sp³-hybridized carbons (Fsp3) is 0.438. The van der Waals surface area contributed by atoms with E-state index in [1.54, 1.807) is 11.3 Å². The number of benzene rings is 1. The van der Waals surface area contributed by atoms with Gasteiger partial charge in [-0.1, -0.05) is 24.6 Å². The van der Waals surface area contributed by atoms with Crippen molar-refractivity contribution in [3.05, 3.63) is 35.2 Å². The number of carbonyl (C=O) groups excluding carboxylic acids is 1. The fourth-order valence-corrected chi connectivity index (χ4v) is 4.24. The molecule has 3 rings (SSSR count). The molecule has 1 amide bonds. The van der Waals surface area contributed by atoms with E-state index in [0.29, 0.717) is 5.92 Å². The van der Waals surface area contributed by atoms with Crippen molar-refractivity contribution in [2.45, 2.75) is 31.1 Å². The highest BCUT2D eigenvalue weighted by Gasteiger charge is 2.21. The van der Waals surface area contributed by atoms with Crippen molar-refractivity contribution in [2.24, 2.45) is 5.92 Å². The van der Waals surface area contributed by atoms with E-state index >= 15 is 0 Å². The third-order valence-corrected chi connectivity index (χ3v) is 5.36. The molecule has 2 atom stereocenters. The van der Waals surface area contributed by atoms with E-state index in [2.05, 4.69) is 11.4 Å². The Balaban J connectivity index is 1.64. The Morgan fingerprint density at radius 3 is 3.05 bits per heavy atom. The number of halogens is 1. The monoisotopic (exact) mass is 307 g/mol. The SMILES string of the molecule is O=C(NCC1CCCC(Cl)C1)c1csc2ccccc12. The van der Waals surface area contributed by atoms with Gasteiger partial charge in [0.05, 0.1) is 5.56 Å². The molecule has 1 aliphatic rings. The second kappa shape index (κ2) is 6.15. The Morgan fingerprint density at radius 1 is 1.35 bits per heavy atom. The predicted molar refractivity (Wildman–Crippen MR) is 85.8 cm³/mol. The van der Waals surface area contributed by atoms with E-state index in [1.807, 2.05) is 23.6 Å². The maximum atomic E-state index is 12.3. The number of rotatable bonds is 3. The number of fused-ring (bicyclic) bond motifs is 1. The number of hydrogen-bond acceptors (Lipinski definition) is 2. The first-order valence-corrected chi connectivity index (χ1v) is 8.44. The first kappa shape index (κ1) is 13.9. The van der Waals surface area contributed by atoms with Crippen LogP contribution in [0, 0.1) is 5.92 Å². The summed E-state index contributed by atoms with van der Waals surface area (Å²) in [7, 11) is 0. The molecule has 2 aromatic rings.